The topological polar surface area (TPSA) is 102 Å². The molecule has 1 saturated heterocycles. The van der Waals surface area contributed by atoms with Gasteiger partial charge in [-0.25, -0.2) is 9.59 Å². The zero-order valence-corrected chi connectivity index (χ0v) is 21.2. The number of methoxy groups -OCH3 is 1. The SMILES string of the molecule is C=C1[C@@H](CCO)C(=O)N(Cc2ccc(OC)cc2)[C@@]1(C(=O)OCc1ccccc1)C(=O)OC(C)(C)C. The second-order valence-corrected chi connectivity index (χ2v) is 9.64. The lowest BCUT2D eigenvalue weighted by atomic mass is 9.85. The summed E-state index contributed by atoms with van der Waals surface area (Å²) in [6.07, 6.45) is 0.00723. The molecule has 0 unspecified atom stereocenters. The van der Waals surface area contributed by atoms with Crippen molar-refractivity contribution in [3.05, 3.63) is 77.9 Å². The van der Waals surface area contributed by atoms with E-state index in [1.165, 1.54) is 4.90 Å². The largest absolute Gasteiger partial charge is 0.497 e. The number of hydrogen-bond acceptors (Lipinski definition) is 7. The number of nitrogens with zero attached hydrogens (tertiary/aromatic N) is 1. The maximum atomic E-state index is 13.8. The van der Waals surface area contributed by atoms with Gasteiger partial charge in [-0.3, -0.25) is 4.79 Å². The van der Waals surface area contributed by atoms with Gasteiger partial charge in [0.1, 0.15) is 18.0 Å². The summed E-state index contributed by atoms with van der Waals surface area (Å²) in [6, 6.07) is 15.9. The number of aliphatic hydroxyl groups excluding tert-OH is 1. The fourth-order valence-electron chi connectivity index (χ4n) is 4.21. The van der Waals surface area contributed by atoms with Gasteiger partial charge in [0.05, 0.1) is 13.0 Å². The van der Waals surface area contributed by atoms with Crippen LogP contribution in [0.3, 0.4) is 0 Å². The van der Waals surface area contributed by atoms with E-state index in [0.29, 0.717) is 16.9 Å². The maximum Gasteiger partial charge on any atom is 0.348 e. The summed E-state index contributed by atoms with van der Waals surface area (Å²) in [5.41, 5.74) is -1.76. The Balaban J connectivity index is 2.09. The number of amides is 1. The zero-order valence-electron chi connectivity index (χ0n) is 21.2. The van der Waals surface area contributed by atoms with Crippen LogP contribution in [-0.4, -0.2) is 52.7 Å². The Morgan fingerprint density at radius 3 is 2.22 bits per heavy atom. The van der Waals surface area contributed by atoms with Crippen molar-refractivity contribution in [1.82, 2.24) is 4.90 Å². The molecule has 8 heteroatoms. The van der Waals surface area contributed by atoms with Crippen LogP contribution >= 0.6 is 0 Å². The molecule has 1 fully saturated rings. The normalized spacial score (nSPS) is 19.8. The molecule has 1 aliphatic heterocycles. The van der Waals surface area contributed by atoms with Gasteiger partial charge in [0.25, 0.3) is 5.54 Å². The monoisotopic (exact) mass is 495 g/mol. The Morgan fingerprint density at radius 1 is 1.03 bits per heavy atom. The smallest absolute Gasteiger partial charge is 0.348 e. The number of benzene rings is 2. The average molecular weight is 496 g/mol. The highest BCUT2D eigenvalue weighted by atomic mass is 16.6. The molecule has 2 aromatic carbocycles. The van der Waals surface area contributed by atoms with Gasteiger partial charge in [-0.05, 0) is 56.0 Å². The quantitative estimate of drug-likeness (QED) is 0.323. The second kappa shape index (κ2) is 11.0. The van der Waals surface area contributed by atoms with Crippen molar-refractivity contribution in [3.8, 4) is 5.75 Å². The van der Waals surface area contributed by atoms with E-state index >= 15 is 0 Å². The van der Waals surface area contributed by atoms with Gasteiger partial charge in [-0.2, -0.15) is 0 Å². The number of ether oxygens (including phenoxy) is 3. The fourth-order valence-corrected chi connectivity index (χ4v) is 4.21. The number of esters is 2. The highest BCUT2D eigenvalue weighted by Gasteiger charge is 2.66. The standard InChI is InChI=1S/C28H33NO7/c1-19-23(15-16-30)24(31)29(17-20-11-13-22(34-5)14-12-20)28(19,26(33)36-27(2,3)4)25(32)35-18-21-9-7-6-8-10-21/h6-14,23,30H,1,15-18H2,2-5H3/t23-,28+/m1/s1. The van der Waals surface area contributed by atoms with Crippen LogP contribution < -0.4 is 4.74 Å². The number of likely N-dealkylation sites (tertiary alicyclic amines) is 1. The van der Waals surface area contributed by atoms with Crippen molar-refractivity contribution >= 4 is 17.8 Å². The molecule has 2 aromatic rings. The minimum Gasteiger partial charge on any atom is -0.497 e. The molecule has 1 aliphatic rings. The number of carbonyl (C=O) groups excluding carboxylic acids is 3. The maximum absolute atomic E-state index is 13.8. The highest BCUT2D eigenvalue weighted by Crippen LogP contribution is 2.44. The molecule has 0 spiro atoms. The van der Waals surface area contributed by atoms with Crippen LogP contribution in [0.15, 0.2) is 66.7 Å². The molecule has 2 atom stereocenters. The van der Waals surface area contributed by atoms with Crippen LogP contribution in [-0.2, 0) is 37.0 Å². The van der Waals surface area contributed by atoms with Gasteiger partial charge in [0.15, 0.2) is 0 Å². The molecule has 0 aromatic heterocycles. The Hall–Kier alpha value is -3.65. The van der Waals surface area contributed by atoms with Crippen LogP contribution in [0.1, 0.15) is 38.3 Å². The minimum atomic E-state index is -2.21. The van der Waals surface area contributed by atoms with Gasteiger partial charge in [-0.1, -0.05) is 49.0 Å². The van der Waals surface area contributed by atoms with E-state index in [0.717, 1.165) is 0 Å². The molecule has 8 nitrogen and oxygen atoms in total. The molecule has 36 heavy (non-hydrogen) atoms. The zero-order chi connectivity index (χ0) is 26.5. The van der Waals surface area contributed by atoms with Crippen molar-refractivity contribution < 1.29 is 33.7 Å². The van der Waals surface area contributed by atoms with Crippen LogP contribution in [0.4, 0.5) is 0 Å². The Bertz CT molecular complexity index is 1100. The van der Waals surface area contributed by atoms with Crippen LogP contribution in [0.5, 0.6) is 5.75 Å². The lowest BCUT2D eigenvalue weighted by Gasteiger charge is -2.36. The molecule has 1 amide bonds. The fraction of sp³-hybridized carbons (Fsp3) is 0.393. The predicted molar refractivity (Wildman–Crippen MR) is 133 cm³/mol. The third kappa shape index (κ3) is 5.44. The van der Waals surface area contributed by atoms with E-state index in [1.54, 1.807) is 76.4 Å². The first kappa shape index (κ1) is 26.9. The van der Waals surface area contributed by atoms with Crippen molar-refractivity contribution in [2.75, 3.05) is 13.7 Å². The van der Waals surface area contributed by atoms with Crippen molar-refractivity contribution in [1.29, 1.82) is 0 Å². The van der Waals surface area contributed by atoms with Gasteiger partial charge >= 0.3 is 11.9 Å². The van der Waals surface area contributed by atoms with Crippen LogP contribution in [0.25, 0.3) is 0 Å². The van der Waals surface area contributed by atoms with E-state index in [9.17, 15) is 19.5 Å². The lowest BCUT2D eigenvalue weighted by Crippen LogP contribution is -2.60. The van der Waals surface area contributed by atoms with Crippen molar-refractivity contribution in [3.63, 3.8) is 0 Å². The summed E-state index contributed by atoms with van der Waals surface area (Å²) in [5, 5.41) is 9.62. The molecule has 192 valence electrons. The predicted octanol–water partition coefficient (Wildman–Crippen LogP) is 3.42. The summed E-state index contributed by atoms with van der Waals surface area (Å²) in [5.74, 6) is -2.74. The molecule has 0 aliphatic carbocycles. The Labute approximate surface area is 211 Å². The van der Waals surface area contributed by atoms with E-state index < -0.39 is 34.9 Å². The third-order valence-electron chi connectivity index (χ3n) is 5.97. The van der Waals surface area contributed by atoms with Crippen molar-refractivity contribution in [2.24, 2.45) is 5.92 Å². The number of hydrogen-bond donors (Lipinski definition) is 1. The van der Waals surface area contributed by atoms with Crippen LogP contribution in [0, 0.1) is 5.92 Å². The first-order valence-corrected chi connectivity index (χ1v) is 11.7. The van der Waals surface area contributed by atoms with E-state index in [-0.39, 0.29) is 31.8 Å². The minimum absolute atomic E-state index is 0.00723. The second-order valence-electron chi connectivity index (χ2n) is 9.64. The van der Waals surface area contributed by atoms with Gasteiger partial charge in [0.2, 0.25) is 5.91 Å². The molecular weight excluding hydrogens is 462 g/mol. The molecule has 0 saturated carbocycles. The molecular formula is C28H33NO7. The van der Waals surface area contributed by atoms with E-state index in [2.05, 4.69) is 6.58 Å². The molecule has 0 bridgehead atoms. The third-order valence-corrected chi connectivity index (χ3v) is 5.97. The van der Waals surface area contributed by atoms with Gasteiger partial charge in [0, 0.05) is 13.2 Å². The first-order valence-electron chi connectivity index (χ1n) is 11.7. The number of carbonyl (C=O) groups is 3. The molecule has 1 heterocycles. The summed E-state index contributed by atoms with van der Waals surface area (Å²) in [6.45, 7) is 8.52. The van der Waals surface area contributed by atoms with E-state index in [4.69, 9.17) is 14.2 Å². The Morgan fingerprint density at radius 2 is 1.67 bits per heavy atom. The number of rotatable bonds is 9. The summed E-state index contributed by atoms with van der Waals surface area (Å²) in [4.78, 5) is 42.4. The highest BCUT2D eigenvalue weighted by molar-refractivity contribution is 6.15. The summed E-state index contributed by atoms with van der Waals surface area (Å²) < 4.78 is 16.5. The summed E-state index contributed by atoms with van der Waals surface area (Å²) in [7, 11) is 1.54. The molecule has 1 N–H and O–H groups in total. The molecule has 3 rings (SSSR count). The van der Waals surface area contributed by atoms with Crippen molar-refractivity contribution in [2.45, 2.75) is 51.5 Å². The van der Waals surface area contributed by atoms with Gasteiger partial charge < -0.3 is 24.2 Å². The van der Waals surface area contributed by atoms with Gasteiger partial charge in [-0.15, -0.1) is 0 Å². The number of aliphatic hydroxyl groups is 1. The first-order chi connectivity index (χ1) is 17.0. The lowest BCUT2D eigenvalue weighted by molar-refractivity contribution is -0.180. The van der Waals surface area contributed by atoms with Crippen LogP contribution in [0.2, 0.25) is 0 Å². The molecule has 0 radical (unpaired) electrons. The van der Waals surface area contributed by atoms with E-state index in [1.807, 2.05) is 6.07 Å². The average Bonchev–Trinajstić information content (AvgIpc) is 3.05. The Kier molecular flexibility index (Phi) is 8.20. The summed E-state index contributed by atoms with van der Waals surface area (Å²) >= 11 is 0.